The summed E-state index contributed by atoms with van der Waals surface area (Å²) in [7, 11) is 0. The van der Waals surface area contributed by atoms with Crippen molar-refractivity contribution < 1.29 is 14.3 Å². The van der Waals surface area contributed by atoms with Gasteiger partial charge in [-0.1, -0.05) is 0 Å². The number of carbonyl (C=O) groups is 1. The number of hydrogen-bond acceptors (Lipinski definition) is 5. The Labute approximate surface area is 121 Å². The minimum absolute atomic E-state index is 0.100. The van der Waals surface area contributed by atoms with Gasteiger partial charge in [0.25, 0.3) is 0 Å². The standard InChI is InChI=1S/C14H27N3O3/c15-3-8-20-12-14(18)17-4-1-13(2-5-17)11-16-6-9-19-10-7-16/h13H,1-12,15H2. The highest BCUT2D eigenvalue weighted by molar-refractivity contribution is 5.77. The third kappa shape index (κ3) is 5.01. The van der Waals surface area contributed by atoms with E-state index in [1.54, 1.807) is 0 Å². The second-order valence-corrected chi connectivity index (χ2v) is 5.58. The van der Waals surface area contributed by atoms with Crippen LogP contribution in [0.5, 0.6) is 0 Å². The van der Waals surface area contributed by atoms with Gasteiger partial charge in [0.1, 0.15) is 6.61 Å². The van der Waals surface area contributed by atoms with Crippen LogP contribution in [0.25, 0.3) is 0 Å². The molecule has 2 heterocycles. The zero-order valence-corrected chi connectivity index (χ0v) is 12.3. The van der Waals surface area contributed by atoms with E-state index in [-0.39, 0.29) is 12.5 Å². The number of hydrogen-bond donors (Lipinski definition) is 1. The number of nitrogens with zero attached hydrogens (tertiary/aromatic N) is 2. The molecule has 0 aromatic carbocycles. The Morgan fingerprint density at radius 3 is 2.55 bits per heavy atom. The topological polar surface area (TPSA) is 68.0 Å². The van der Waals surface area contributed by atoms with E-state index < -0.39 is 0 Å². The van der Waals surface area contributed by atoms with Gasteiger partial charge in [-0.15, -0.1) is 0 Å². The summed E-state index contributed by atoms with van der Waals surface area (Å²) in [6.07, 6.45) is 2.19. The summed E-state index contributed by atoms with van der Waals surface area (Å²) in [6, 6.07) is 0. The largest absolute Gasteiger partial charge is 0.379 e. The Kier molecular flexibility index (Phi) is 6.72. The molecule has 0 bridgehead atoms. The van der Waals surface area contributed by atoms with Crippen LogP contribution in [0.4, 0.5) is 0 Å². The maximum absolute atomic E-state index is 11.9. The molecule has 2 fully saturated rings. The van der Waals surface area contributed by atoms with E-state index >= 15 is 0 Å². The van der Waals surface area contributed by atoms with Gasteiger partial charge in [-0.05, 0) is 18.8 Å². The Morgan fingerprint density at radius 2 is 1.90 bits per heavy atom. The minimum Gasteiger partial charge on any atom is -0.379 e. The van der Waals surface area contributed by atoms with Gasteiger partial charge in [-0.25, -0.2) is 0 Å². The first-order valence-electron chi connectivity index (χ1n) is 7.65. The molecule has 0 radical (unpaired) electrons. The molecule has 1 amide bonds. The predicted molar refractivity (Wildman–Crippen MR) is 76.4 cm³/mol. The highest BCUT2D eigenvalue weighted by Gasteiger charge is 2.24. The molecule has 0 saturated carbocycles. The van der Waals surface area contributed by atoms with Crippen molar-refractivity contribution in [1.29, 1.82) is 0 Å². The lowest BCUT2D eigenvalue weighted by Crippen LogP contribution is -2.45. The molecule has 0 unspecified atom stereocenters. The number of piperidine rings is 1. The number of rotatable bonds is 6. The summed E-state index contributed by atoms with van der Waals surface area (Å²) < 4.78 is 10.6. The van der Waals surface area contributed by atoms with E-state index in [0.717, 1.165) is 58.8 Å². The van der Waals surface area contributed by atoms with Crippen molar-refractivity contribution in [1.82, 2.24) is 9.80 Å². The molecule has 2 rings (SSSR count). The number of ether oxygens (including phenoxy) is 2. The Hall–Kier alpha value is -0.690. The number of morpholine rings is 1. The summed E-state index contributed by atoms with van der Waals surface area (Å²) in [6.45, 7) is 7.78. The molecule has 0 aromatic heterocycles. The van der Waals surface area contributed by atoms with E-state index in [1.807, 2.05) is 4.90 Å². The molecule has 6 heteroatoms. The SMILES string of the molecule is NCCOCC(=O)N1CCC(CN2CCOCC2)CC1. The fourth-order valence-electron chi connectivity index (χ4n) is 2.85. The van der Waals surface area contributed by atoms with Crippen molar-refractivity contribution in [2.45, 2.75) is 12.8 Å². The summed E-state index contributed by atoms with van der Waals surface area (Å²) in [5, 5.41) is 0. The van der Waals surface area contributed by atoms with Crippen molar-refractivity contribution in [3.63, 3.8) is 0 Å². The van der Waals surface area contributed by atoms with E-state index in [1.165, 1.54) is 0 Å². The van der Waals surface area contributed by atoms with Crippen LogP contribution in [-0.2, 0) is 14.3 Å². The van der Waals surface area contributed by atoms with Gasteiger partial charge >= 0.3 is 0 Å². The lowest BCUT2D eigenvalue weighted by atomic mass is 9.96. The van der Waals surface area contributed by atoms with Crippen molar-refractivity contribution in [3.05, 3.63) is 0 Å². The van der Waals surface area contributed by atoms with E-state index in [0.29, 0.717) is 19.1 Å². The van der Waals surface area contributed by atoms with Gasteiger partial charge in [0.05, 0.1) is 19.8 Å². The Balaban J connectivity index is 1.62. The highest BCUT2D eigenvalue weighted by Crippen LogP contribution is 2.19. The van der Waals surface area contributed by atoms with Crippen LogP contribution in [0.1, 0.15) is 12.8 Å². The maximum atomic E-state index is 11.9. The molecule has 0 spiro atoms. The van der Waals surface area contributed by atoms with Gasteiger partial charge in [-0.3, -0.25) is 9.69 Å². The average Bonchev–Trinajstić information content (AvgIpc) is 2.49. The molecular formula is C14H27N3O3. The molecule has 2 aliphatic rings. The fraction of sp³-hybridized carbons (Fsp3) is 0.929. The quantitative estimate of drug-likeness (QED) is 0.669. The number of carbonyl (C=O) groups excluding carboxylic acids is 1. The number of nitrogens with two attached hydrogens (primary N) is 1. The summed E-state index contributed by atoms with van der Waals surface area (Å²) in [4.78, 5) is 16.3. The van der Waals surface area contributed by atoms with Gasteiger partial charge in [0, 0.05) is 39.3 Å². The van der Waals surface area contributed by atoms with Crippen molar-refractivity contribution >= 4 is 5.91 Å². The molecule has 6 nitrogen and oxygen atoms in total. The molecule has 116 valence electrons. The van der Waals surface area contributed by atoms with E-state index in [9.17, 15) is 4.79 Å². The maximum Gasteiger partial charge on any atom is 0.248 e. The molecule has 2 saturated heterocycles. The van der Waals surface area contributed by atoms with E-state index in [2.05, 4.69) is 4.90 Å². The van der Waals surface area contributed by atoms with Crippen LogP contribution in [0, 0.1) is 5.92 Å². The van der Waals surface area contributed by atoms with Crippen molar-refractivity contribution in [3.8, 4) is 0 Å². The Morgan fingerprint density at radius 1 is 1.20 bits per heavy atom. The lowest BCUT2D eigenvalue weighted by Gasteiger charge is -2.36. The molecule has 2 aliphatic heterocycles. The normalized spacial score (nSPS) is 22.1. The second-order valence-electron chi connectivity index (χ2n) is 5.58. The predicted octanol–water partition coefficient (Wildman–Crippen LogP) is -0.467. The number of amides is 1. The van der Waals surface area contributed by atoms with Crippen LogP contribution in [-0.4, -0.2) is 81.4 Å². The minimum atomic E-state index is 0.100. The highest BCUT2D eigenvalue weighted by atomic mass is 16.5. The summed E-state index contributed by atoms with van der Waals surface area (Å²) in [5.74, 6) is 0.811. The van der Waals surface area contributed by atoms with Gasteiger partial charge in [-0.2, -0.15) is 0 Å². The molecule has 0 aromatic rings. The molecule has 2 N–H and O–H groups in total. The van der Waals surface area contributed by atoms with Crippen molar-refractivity contribution in [2.24, 2.45) is 11.7 Å². The Bertz CT molecular complexity index is 287. The summed E-state index contributed by atoms with van der Waals surface area (Å²) in [5.41, 5.74) is 5.34. The molecule has 0 atom stereocenters. The lowest BCUT2D eigenvalue weighted by molar-refractivity contribution is -0.137. The molecule has 0 aliphatic carbocycles. The van der Waals surface area contributed by atoms with Crippen LogP contribution in [0.15, 0.2) is 0 Å². The van der Waals surface area contributed by atoms with Gasteiger partial charge in [0.15, 0.2) is 0 Å². The zero-order valence-electron chi connectivity index (χ0n) is 12.3. The third-order valence-corrected chi connectivity index (χ3v) is 4.08. The van der Waals surface area contributed by atoms with E-state index in [4.69, 9.17) is 15.2 Å². The van der Waals surface area contributed by atoms with Crippen LogP contribution in [0.3, 0.4) is 0 Å². The van der Waals surface area contributed by atoms with Crippen molar-refractivity contribution in [2.75, 3.05) is 65.7 Å². The van der Waals surface area contributed by atoms with Crippen LogP contribution in [0.2, 0.25) is 0 Å². The first kappa shape index (κ1) is 15.7. The average molecular weight is 285 g/mol. The van der Waals surface area contributed by atoms with Crippen LogP contribution >= 0.6 is 0 Å². The summed E-state index contributed by atoms with van der Waals surface area (Å²) >= 11 is 0. The fourth-order valence-corrected chi connectivity index (χ4v) is 2.85. The number of likely N-dealkylation sites (tertiary alicyclic amines) is 1. The van der Waals surface area contributed by atoms with Gasteiger partial charge < -0.3 is 20.1 Å². The molecular weight excluding hydrogens is 258 g/mol. The molecule has 20 heavy (non-hydrogen) atoms. The first-order chi connectivity index (χ1) is 9.79. The smallest absolute Gasteiger partial charge is 0.248 e. The monoisotopic (exact) mass is 285 g/mol. The third-order valence-electron chi connectivity index (χ3n) is 4.08. The van der Waals surface area contributed by atoms with Crippen LogP contribution < -0.4 is 5.73 Å². The van der Waals surface area contributed by atoms with Gasteiger partial charge in [0.2, 0.25) is 5.91 Å². The first-order valence-corrected chi connectivity index (χ1v) is 7.65. The zero-order chi connectivity index (χ0) is 14.2. The second kappa shape index (κ2) is 8.56.